The third kappa shape index (κ3) is 3.97. The fourth-order valence-electron chi connectivity index (χ4n) is 3.44. The molecule has 2 saturated heterocycles. The molecule has 4 rings (SSSR count). The van der Waals surface area contributed by atoms with Crippen LogP contribution < -0.4 is 0 Å². The molecule has 0 aliphatic carbocycles. The van der Waals surface area contributed by atoms with Gasteiger partial charge in [-0.25, -0.2) is 4.98 Å². The number of hydrogen-bond donors (Lipinski definition) is 0. The molecule has 0 bridgehead atoms. The molecular formula is C18H22N6O2S. The fraction of sp³-hybridized carbons (Fsp3) is 0.500. The second kappa shape index (κ2) is 8.08. The van der Waals surface area contributed by atoms with Crippen LogP contribution in [0.4, 0.5) is 0 Å². The van der Waals surface area contributed by atoms with Crippen LogP contribution >= 0.6 is 11.8 Å². The molecule has 2 amide bonds. The number of hydrogen-bond acceptors (Lipinski definition) is 6. The Morgan fingerprint density at radius 3 is 2.67 bits per heavy atom. The maximum Gasteiger partial charge on any atom is 0.233 e. The van der Waals surface area contributed by atoms with E-state index in [0.29, 0.717) is 35.5 Å². The molecule has 0 atom stereocenters. The molecule has 4 heterocycles. The number of nitrogens with zero attached hydrogens (tertiary/aromatic N) is 6. The summed E-state index contributed by atoms with van der Waals surface area (Å²) in [6.07, 6.45) is 5.33. The lowest BCUT2D eigenvalue weighted by molar-refractivity contribution is -0.128. The smallest absolute Gasteiger partial charge is 0.233 e. The Balaban J connectivity index is 1.55. The quantitative estimate of drug-likeness (QED) is 0.700. The lowest BCUT2D eigenvalue weighted by Gasteiger charge is -2.16. The number of likely N-dealkylation sites (tertiary alicyclic amines) is 2. The van der Waals surface area contributed by atoms with E-state index >= 15 is 0 Å². The summed E-state index contributed by atoms with van der Waals surface area (Å²) >= 11 is 1.37. The lowest BCUT2D eigenvalue weighted by atomic mass is 10.4. The second-order valence-corrected chi connectivity index (χ2v) is 7.66. The summed E-state index contributed by atoms with van der Waals surface area (Å²) in [5.41, 5.74) is 0. The van der Waals surface area contributed by atoms with Crippen LogP contribution in [-0.2, 0) is 16.1 Å². The number of carbonyl (C=O) groups excluding carboxylic acids is 2. The van der Waals surface area contributed by atoms with Gasteiger partial charge in [0.25, 0.3) is 0 Å². The monoisotopic (exact) mass is 386 g/mol. The summed E-state index contributed by atoms with van der Waals surface area (Å²) in [5, 5.41) is 9.21. The van der Waals surface area contributed by atoms with Crippen LogP contribution in [0.5, 0.6) is 0 Å². The van der Waals surface area contributed by atoms with E-state index in [-0.39, 0.29) is 11.8 Å². The van der Waals surface area contributed by atoms with Crippen molar-refractivity contribution in [2.75, 3.05) is 25.4 Å². The molecule has 0 saturated carbocycles. The summed E-state index contributed by atoms with van der Waals surface area (Å²) in [6, 6.07) is 5.63. The van der Waals surface area contributed by atoms with Crippen molar-refractivity contribution in [1.29, 1.82) is 0 Å². The number of aromatic nitrogens is 4. The van der Waals surface area contributed by atoms with Crippen molar-refractivity contribution >= 4 is 23.6 Å². The average Bonchev–Trinajstić information content (AvgIpc) is 3.43. The predicted molar refractivity (Wildman–Crippen MR) is 100 cm³/mol. The number of carbonyl (C=O) groups is 2. The third-order valence-corrected chi connectivity index (χ3v) is 5.78. The van der Waals surface area contributed by atoms with Crippen LogP contribution in [0.25, 0.3) is 5.82 Å². The number of thioether (sulfide) groups is 1. The minimum Gasteiger partial charge on any atom is -0.342 e. The summed E-state index contributed by atoms with van der Waals surface area (Å²) in [5.74, 6) is 1.96. The Kier molecular flexibility index (Phi) is 5.38. The summed E-state index contributed by atoms with van der Waals surface area (Å²) in [4.78, 5) is 32.5. The summed E-state index contributed by atoms with van der Waals surface area (Å²) in [7, 11) is 0. The van der Waals surface area contributed by atoms with E-state index in [2.05, 4.69) is 15.2 Å². The number of rotatable bonds is 6. The van der Waals surface area contributed by atoms with Crippen molar-refractivity contribution in [3.05, 3.63) is 30.2 Å². The fourth-order valence-corrected chi connectivity index (χ4v) is 4.30. The van der Waals surface area contributed by atoms with Gasteiger partial charge in [0.15, 0.2) is 11.0 Å². The highest BCUT2D eigenvalue weighted by Crippen LogP contribution is 2.24. The molecule has 9 heteroatoms. The van der Waals surface area contributed by atoms with Crippen LogP contribution in [0, 0.1) is 0 Å². The van der Waals surface area contributed by atoms with Crippen LogP contribution in [0.15, 0.2) is 29.6 Å². The zero-order valence-electron chi connectivity index (χ0n) is 15.1. The summed E-state index contributed by atoms with van der Waals surface area (Å²) < 4.78 is 1.85. The molecule has 0 spiro atoms. The van der Waals surface area contributed by atoms with E-state index in [1.54, 1.807) is 11.1 Å². The van der Waals surface area contributed by atoms with E-state index in [0.717, 1.165) is 38.9 Å². The van der Waals surface area contributed by atoms with Gasteiger partial charge in [0.2, 0.25) is 11.8 Å². The van der Waals surface area contributed by atoms with Crippen molar-refractivity contribution in [3.63, 3.8) is 0 Å². The maximum atomic E-state index is 12.4. The Morgan fingerprint density at radius 1 is 1.11 bits per heavy atom. The van der Waals surface area contributed by atoms with Gasteiger partial charge < -0.3 is 9.80 Å². The standard InChI is InChI=1S/C18H22N6O2S/c25-16-7-5-11-23(16)12-15-20-21-18(24(15)14-6-1-2-8-19-14)27-13-17(26)22-9-3-4-10-22/h1-2,6,8H,3-5,7,9-13H2. The van der Waals surface area contributed by atoms with Gasteiger partial charge in [0, 0.05) is 32.3 Å². The Labute approximate surface area is 162 Å². The molecule has 142 valence electrons. The first-order chi connectivity index (χ1) is 13.2. The first-order valence-electron chi connectivity index (χ1n) is 9.26. The molecule has 0 unspecified atom stereocenters. The highest BCUT2D eigenvalue weighted by atomic mass is 32.2. The highest BCUT2D eigenvalue weighted by Gasteiger charge is 2.25. The Morgan fingerprint density at radius 2 is 1.96 bits per heavy atom. The number of pyridine rings is 1. The van der Waals surface area contributed by atoms with Crippen LogP contribution in [0.1, 0.15) is 31.5 Å². The van der Waals surface area contributed by atoms with Gasteiger partial charge in [-0.05, 0) is 31.4 Å². The molecule has 27 heavy (non-hydrogen) atoms. The minimum atomic E-state index is 0.129. The summed E-state index contributed by atoms with van der Waals surface area (Å²) in [6.45, 7) is 2.83. The zero-order valence-corrected chi connectivity index (χ0v) is 15.9. The van der Waals surface area contributed by atoms with Crippen LogP contribution in [0.2, 0.25) is 0 Å². The molecule has 2 aliphatic heterocycles. The van der Waals surface area contributed by atoms with Crippen LogP contribution in [0.3, 0.4) is 0 Å². The van der Waals surface area contributed by atoms with Crippen molar-refractivity contribution in [3.8, 4) is 5.82 Å². The molecule has 2 fully saturated rings. The van der Waals surface area contributed by atoms with E-state index in [9.17, 15) is 9.59 Å². The van der Waals surface area contributed by atoms with Gasteiger partial charge in [-0.15, -0.1) is 10.2 Å². The van der Waals surface area contributed by atoms with Crippen molar-refractivity contribution in [1.82, 2.24) is 29.5 Å². The molecular weight excluding hydrogens is 364 g/mol. The molecule has 2 aromatic heterocycles. The highest BCUT2D eigenvalue weighted by molar-refractivity contribution is 7.99. The largest absolute Gasteiger partial charge is 0.342 e. The minimum absolute atomic E-state index is 0.129. The van der Waals surface area contributed by atoms with Gasteiger partial charge in [0.05, 0.1) is 12.3 Å². The maximum absolute atomic E-state index is 12.4. The van der Waals surface area contributed by atoms with E-state index in [1.165, 1.54) is 11.8 Å². The normalized spacial score (nSPS) is 17.1. The predicted octanol–water partition coefficient (Wildman–Crippen LogP) is 1.50. The van der Waals surface area contributed by atoms with E-state index in [4.69, 9.17) is 0 Å². The Bertz CT molecular complexity index is 819. The third-order valence-electron chi connectivity index (χ3n) is 4.87. The molecule has 0 radical (unpaired) electrons. The molecule has 8 nitrogen and oxygen atoms in total. The van der Waals surface area contributed by atoms with Crippen molar-refractivity contribution < 1.29 is 9.59 Å². The van der Waals surface area contributed by atoms with Gasteiger partial charge in [-0.2, -0.15) is 0 Å². The number of amides is 2. The van der Waals surface area contributed by atoms with Crippen molar-refractivity contribution in [2.45, 2.75) is 37.4 Å². The first kappa shape index (κ1) is 18.0. The van der Waals surface area contributed by atoms with Gasteiger partial charge in [-0.1, -0.05) is 17.8 Å². The SMILES string of the molecule is O=C(CSc1nnc(CN2CCCC2=O)n1-c1ccccn1)N1CCCC1. The van der Waals surface area contributed by atoms with Gasteiger partial charge in [0.1, 0.15) is 5.82 Å². The van der Waals surface area contributed by atoms with Crippen LogP contribution in [-0.4, -0.2) is 66.7 Å². The van der Waals surface area contributed by atoms with E-state index < -0.39 is 0 Å². The van der Waals surface area contributed by atoms with Gasteiger partial charge in [-0.3, -0.25) is 14.2 Å². The molecule has 2 aromatic rings. The first-order valence-corrected chi connectivity index (χ1v) is 10.2. The average molecular weight is 386 g/mol. The lowest BCUT2D eigenvalue weighted by Crippen LogP contribution is -2.29. The zero-order chi connectivity index (χ0) is 18.6. The van der Waals surface area contributed by atoms with E-state index in [1.807, 2.05) is 27.7 Å². The van der Waals surface area contributed by atoms with Gasteiger partial charge >= 0.3 is 0 Å². The molecule has 0 aromatic carbocycles. The van der Waals surface area contributed by atoms with Crippen molar-refractivity contribution in [2.24, 2.45) is 0 Å². The topological polar surface area (TPSA) is 84.2 Å². The molecule has 0 N–H and O–H groups in total. The second-order valence-electron chi connectivity index (χ2n) is 6.72. The molecule has 2 aliphatic rings. The Hall–Kier alpha value is -2.42.